The second-order valence-corrected chi connectivity index (χ2v) is 12.8. The zero-order valence-electron chi connectivity index (χ0n) is 13.6. The van der Waals surface area contributed by atoms with Crippen molar-refractivity contribution in [3.8, 4) is 11.4 Å². The highest BCUT2D eigenvalue weighted by molar-refractivity contribution is 9.10. The highest BCUT2D eigenvalue weighted by atomic mass is 79.9. The van der Waals surface area contributed by atoms with Gasteiger partial charge in [-0.05, 0) is 34.1 Å². The Morgan fingerprint density at radius 2 is 2.00 bits per heavy atom. The van der Waals surface area contributed by atoms with Crippen LogP contribution in [0.3, 0.4) is 0 Å². The maximum Gasteiger partial charge on any atom is 0.435 e. The molecular formula is C14H18BrF3N4OSi. The first-order valence-corrected chi connectivity index (χ1v) is 11.8. The molecule has 10 heteroatoms. The van der Waals surface area contributed by atoms with Crippen LogP contribution in [0.1, 0.15) is 5.69 Å². The predicted octanol–water partition coefficient (Wildman–Crippen LogP) is 4.43. The average Bonchev–Trinajstić information content (AvgIpc) is 2.87. The molecule has 2 rings (SSSR count). The SMILES string of the molecule is C[Si](C)(C)CCOCn1nc(C(F)(F)F)cc1-c1ccnc(Br)n1. The molecule has 0 spiro atoms. The summed E-state index contributed by atoms with van der Waals surface area (Å²) < 4.78 is 45.9. The molecule has 24 heavy (non-hydrogen) atoms. The summed E-state index contributed by atoms with van der Waals surface area (Å²) in [6, 6.07) is 3.42. The molecule has 2 heterocycles. The Bertz CT molecular complexity index is 700. The number of rotatable bonds is 6. The Kier molecular flexibility index (Phi) is 5.81. The lowest BCUT2D eigenvalue weighted by Crippen LogP contribution is -2.22. The van der Waals surface area contributed by atoms with Crippen LogP contribution in [0.25, 0.3) is 11.4 Å². The fourth-order valence-electron chi connectivity index (χ4n) is 1.87. The molecule has 0 aliphatic carbocycles. The molecule has 2 aromatic heterocycles. The van der Waals surface area contributed by atoms with Crippen LogP contribution in [0.2, 0.25) is 25.7 Å². The monoisotopic (exact) mass is 422 g/mol. The third-order valence-corrected chi connectivity index (χ3v) is 5.26. The van der Waals surface area contributed by atoms with Crippen molar-refractivity contribution in [2.75, 3.05) is 6.61 Å². The van der Waals surface area contributed by atoms with Gasteiger partial charge in [0.2, 0.25) is 0 Å². The maximum atomic E-state index is 13.0. The second kappa shape index (κ2) is 7.32. The molecule has 0 amide bonds. The van der Waals surface area contributed by atoms with E-state index in [1.807, 2.05) is 0 Å². The third kappa shape index (κ3) is 5.38. The van der Waals surface area contributed by atoms with Crippen LogP contribution in [0, 0.1) is 0 Å². The third-order valence-electron chi connectivity index (χ3n) is 3.17. The highest BCUT2D eigenvalue weighted by Gasteiger charge is 2.35. The maximum absolute atomic E-state index is 13.0. The van der Waals surface area contributed by atoms with Crippen LogP contribution in [-0.2, 0) is 17.6 Å². The number of hydrogen-bond acceptors (Lipinski definition) is 4. The van der Waals surface area contributed by atoms with Gasteiger partial charge >= 0.3 is 6.18 Å². The van der Waals surface area contributed by atoms with Crippen LogP contribution < -0.4 is 0 Å². The number of hydrogen-bond donors (Lipinski definition) is 0. The van der Waals surface area contributed by atoms with Crippen LogP contribution in [0.5, 0.6) is 0 Å². The topological polar surface area (TPSA) is 52.8 Å². The number of aromatic nitrogens is 4. The van der Waals surface area contributed by atoms with Gasteiger partial charge in [-0.3, -0.25) is 0 Å². The van der Waals surface area contributed by atoms with E-state index in [4.69, 9.17) is 4.74 Å². The molecule has 2 aromatic rings. The van der Waals surface area contributed by atoms with Crippen LogP contribution in [-0.4, -0.2) is 34.4 Å². The lowest BCUT2D eigenvalue weighted by molar-refractivity contribution is -0.141. The van der Waals surface area contributed by atoms with Crippen molar-refractivity contribution in [2.24, 2.45) is 0 Å². The summed E-state index contributed by atoms with van der Waals surface area (Å²) in [6.07, 6.45) is -3.06. The Morgan fingerprint density at radius 3 is 2.58 bits per heavy atom. The Hall–Kier alpha value is -1.26. The summed E-state index contributed by atoms with van der Waals surface area (Å²) in [5, 5.41) is 3.62. The quantitative estimate of drug-likeness (QED) is 0.392. The number of alkyl halides is 3. The van der Waals surface area contributed by atoms with E-state index in [-0.39, 0.29) is 12.4 Å². The van der Waals surface area contributed by atoms with Gasteiger partial charge in [0.1, 0.15) is 6.73 Å². The average molecular weight is 423 g/mol. The molecule has 0 bridgehead atoms. The van der Waals surface area contributed by atoms with Gasteiger partial charge in [-0.1, -0.05) is 19.6 Å². The van der Waals surface area contributed by atoms with Gasteiger partial charge in [0.25, 0.3) is 0 Å². The molecule has 0 fully saturated rings. The standard InChI is InChI=1S/C14H18BrF3N4OSi/c1-24(2,3)7-6-23-9-22-11(8-12(21-22)14(16,17)18)10-4-5-19-13(15)20-10/h4-5,8H,6-7,9H2,1-3H3. The van der Waals surface area contributed by atoms with E-state index in [0.717, 1.165) is 12.1 Å². The minimum absolute atomic E-state index is 0.0580. The van der Waals surface area contributed by atoms with Crippen molar-refractivity contribution in [1.29, 1.82) is 0 Å². The highest BCUT2D eigenvalue weighted by Crippen LogP contribution is 2.31. The van der Waals surface area contributed by atoms with Gasteiger partial charge < -0.3 is 4.74 Å². The van der Waals surface area contributed by atoms with E-state index in [1.165, 1.54) is 16.9 Å². The molecular weight excluding hydrogens is 405 g/mol. The predicted molar refractivity (Wildman–Crippen MR) is 90.1 cm³/mol. The summed E-state index contributed by atoms with van der Waals surface area (Å²) in [7, 11) is -1.27. The van der Waals surface area contributed by atoms with Crippen LogP contribution in [0.4, 0.5) is 13.2 Å². The Morgan fingerprint density at radius 1 is 1.29 bits per heavy atom. The van der Waals surface area contributed by atoms with Crippen molar-refractivity contribution in [1.82, 2.24) is 19.7 Å². The molecule has 5 nitrogen and oxygen atoms in total. The van der Waals surface area contributed by atoms with E-state index < -0.39 is 19.9 Å². The van der Waals surface area contributed by atoms with Gasteiger partial charge in [0.05, 0.1) is 11.4 Å². The van der Waals surface area contributed by atoms with Crippen molar-refractivity contribution in [3.05, 3.63) is 28.8 Å². The lowest BCUT2D eigenvalue weighted by Gasteiger charge is -2.15. The van der Waals surface area contributed by atoms with Gasteiger partial charge in [0, 0.05) is 20.9 Å². The smallest absolute Gasteiger partial charge is 0.360 e. The molecule has 0 saturated carbocycles. The Balaban J connectivity index is 2.23. The zero-order chi connectivity index (χ0) is 18.0. The number of nitrogens with zero attached hydrogens (tertiary/aromatic N) is 4. The minimum atomic E-state index is -4.53. The van der Waals surface area contributed by atoms with Gasteiger partial charge in [-0.2, -0.15) is 18.3 Å². The molecule has 0 unspecified atom stereocenters. The largest absolute Gasteiger partial charge is 0.435 e. The molecule has 0 atom stereocenters. The van der Waals surface area contributed by atoms with Crippen LogP contribution >= 0.6 is 15.9 Å². The van der Waals surface area contributed by atoms with E-state index in [2.05, 4.69) is 50.6 Å². The molecule has 0 saturated heterocycles. The lowest BCUT2D eigenvalue weighted by atomic mass is 10.2. The first kappa shape index (κ1) is 19.1. The fourth-order valence-corrected chi connectivity index (χ4v) is 2.93. The molecule has 0 aliphatic heterocycles. The first-order chi connectivity index (χ1) is 11.1. The van der Waals surface area contributed by atoms with E-state index in [1.54, 1.807) is 0 Å². The van der Waals surface area contributed by atoms with Crippen molar-refractivity contribution >= 4 is 24.0 Å². The molecule has 0 radical (unpaired) electrons. The number of halogens is 4. The summed E-state index contributed by atoms with van der Waals surface area (Å²) in [6.45, 7) is 7.04. The van der Waals surface area contributed by atoms with Gasteiger partial charge in [0.15, 0.2) is 10.4 Å². The molecule has 0 aliphatic rings. The van der Waals surface area contributed by atoms with Gasteiger partial charge in [-0.15, -0.1) is 0 Å². The normalized spacial score (nSPS) is 12.6. The van der Waals surface area contributed by atoms with Gasteiger partial charge in [-0.25, -0.2) is 14.6 Å². The van der Waals surface area contributed by atoms with Crippen molar-refractivity contribution < 1.29 is 17.9 Å². The Labute approximate surface area is 147 Å². The summed E-state index contributed by atoms with van der Waals surface area (Å²) >= 11 is 3.12. The van der Waals surface area contributed by atoms with Crippen LogP contribution in [0.15, 0.2) is 23.1 Å². The molecule has 132 valence electrons. The zero-order valence-corrected chi connectivity index (χ0v) is 16.1. The van der Waals surface area contributed by atoms with Crippen molar-refractivity contribution in [2.45, 2.75) is 38.6 Å². The number of ether oxygens (including phenoxy) is 1. The second-order valence-electron chi connectivity index (χ2n) is 6.47. The first-order valence-electron chi connectivity index (χ1n) is 7.28. The van der Waals surface area contributed by atoms with E-state index in [9.17, 15) is 13.2 Å². The summed E-state index contributed by atoms with van der Waals surface area (Å²) in [4.78, 5) is 7.98. The van der Waals surface area contributed by atoms with E-state index >= 15 is 0 Å². The summed E-state index contributed by atoms with van der Waals surface area (Å²) in [5.74, 6) is 0. The fraction of sp³-hybridized carbons (Fsp3) is 0.500. The van der Waals surface area contributed by atoms with Crippen molar-refractivity contribution in [3.63, 3.8) is 0 Å². The summed E-state index contributed by atoms with van der Waals surface area (Å²) in [5.41, 5.74) is -0.395. The molecule has 0 N–H and O–H groups in total. The van der Waals surface area contributed by atoms with E-state index in [0.29, 0.717) is 17.0 Å². The molecule has 0 aromatic carbocycles. The minimum Gasteiger partial charge on any atom is -0.360 e.